The molecule has 1 N–H and O–H groups in total. The zero-order chi connectivity index (χ0) is 12.7. The molecule has 1 aromatic carbocycles. The summed E-state index contributed by atoms with van der Waals surface area (Å²) in [6, 6.07) is 7.74. The molecule has 1 nitrogen and oxygen atoms in total. The summed E-state index contributed by atoms with van der Waals surface area (Å²) in [5.41, 5.74) is -2.03. The van der Waals surface area contributed by atoms with Crippen LogP contribution in [0.3, 0.4) is 0 Å². The largest absolute Gasteiger partial charge is 0.441 e. The Morgan fingerprint density at radius 1 is 1.24 bits per heavy atom. The predicted molar refractivity (Wildman–Crippen MR) is 67.4 cm³/mol. The highest BCUT2D eigenvalue weighted by molar-refractivity contribution is 8.00. The Labute approximate surface area is 104 Å². The van der Waals surface area contributed by atoms with E-state index < -0.39 is 5.51 Å². The summed E-state index contributed by atoms with van der Waals surface area (Å²) in [6.07, 6.45) is 1.96. The number of hydrogen-bond acceptors (Lipinski definition) is 2. The van der Waals surface area contributed by atoms with Crippen LogP contribution in [0.2, 0.25) is 0 Å². The van der Waals surface area contributed by atoms with Gasteiger partial charge in [-0.2, -0.15) is 13.2 Å². The van der Waals surface area contributed by atoms with E-state index in [-0.39, 0.29) is 17.5 Å². The van der Waals surface area contributed by atoms with Crippen molar-refractivity contribution in [2.45, 2.75) is 25.3 Å². The molecule has 0 aliphatic rings. The van der Waals surface area contributed by atoms with E-state index in [1.807, 2.05) is 24.3 Å². The predicted octanol–water partition coefficient (Wildman–Crippen LogP) is 4.30. The molecule has 0 aromatic heterocycles. The van der Waals surface area contributed by atoms with E-state index in [0.29, 0.717) is 6.54 Å². The minimum atomic E-state index is -4.13. The molecule has 1 rings (SSSR count). The molecule has 0 atom stereocenters. The van der Waals surface area contributed by atoms with Gasteiger partial charge < -0.3 is 5.32 Å². The van der Waals surface area contributed by atoms with Gasteiger partial charge in [-0.25, -0.2) is 0 Å². The maximum atomic E-state index is 11.9. The molecule has 0 saturated carbocycles. The number of nitrogens with one attached hydrogen (secondary N) is 1. The molecule has 17 heavy (non-hydrogen) atoms. The second-order valence-corrected chi connectivity index (χ2v) is 4.79. The van der Waals surface area contributed by atoms with Crippen LogP contribution in [0.5, 0.6) is 0 Å². The van der Waals surface area contributed by atoms with E-state index in [0.717, 1.165) is 24.1 Å². The van der Waals surface area contributed by atoms with Crippen molar-refractivity contribution in [3.63, 3.8) is 0 Å². The van der Waals surface area contributed by atoms with E-state index in [2.05, 4.69) is 12.2 Å². The van der Waals surface area contributed by atoms with E-state index in [1.165, 1.54) is 0 Å². The van der Waals surface area contributed by atoms with Crippen molar-refractivity contribution in [2.24, 2.45) is 0 Å². The number of aryl methyl sites for hydroxylation is 1. The van der Waals surface area contributed by atoms with Crippen molar-refractivity contribution in [3.8, 4) is 0 Å². The average molecular weight is 263 g/mol. The molecular formula is C12H16F3NS. The number of hydrogen-bond donors (Lipinski definition) is 1. The summed E-state index contributed by atoms with van der Waals surface area (Å²) in [4.78, 5) is 0. The van der Waals surface area contributed by atoms with Crippen LogP contribution < -0.4 is 5.32 Å². The number of anilines is 1. The van der Waals surface area contributed by atoms with Crippen molar-refractivity contribution in [1.82, 2.24) is 0 Å². The lowest BCUT2D eigenvalue weighted by atomic mass is 10.1. The number of benzene rings is 1. The molecule has 5 heteroatoms. The normalized spacial score (nSPS) is 11.5. The molecule has 0 saturated heterocycles. The fourth-order valence-electron chi connectivity index (χ4n) is 1.53. The SMILES string of the molecule is CCCc1ccccc1NCCSC(F)(F)F. The van der Waals surface area contributed by atoms with Gasteiger partial charge in [0.1, 0.15) is 0 Å². The molecule has 0 radical (unpaired) electrons. The van der Waals surface area contributed by atoms with Crippen LogP contribution in [0.15, 0.2) is 24.3 Å². The number of halogens is 3. The van der Waals surface area contributed by atoms with E-state index in [4.69, 9.17) is 0 Å². The van der Waals surface area contributed by atoms with Gasteiger partial charge in [0.2, 0.25) is 0 Å². The minimum absolute atomic E-state index is 0.00953. The van der Waals surface area contributed by atoms with Gasteiger partial charge in [-0.1, -0.05) is 31.5 Å². The Morgan fingerprint density at radius 2 is 1.94 bits per heavy atom. The van der Waals surface area contributed by atoms with Crippen LogP contribution >= 0.6 is 11.8 Å². The van der Waals surface area contributed by atoms with E-state index in [1.54, 1.807) is 0 Å². The Bertz CT molecular complexity index is 339. The van der Waals surface area contributed by atoms with Crippen LogP contribution in [0.25, 0.3) is 0 Å². The summed E-state index contributed by atoms with van der Waals surface area (Å²) in [5.74, 6) is 0.0317. The molecule has 0 bridgehead atoms. The van der Waals surface area contributed by atoms with Gasteiger partial charge in [0.15, 0.2) is 0 Å². The second-order valence-electron chi connectivity index (χ2n) is 3.63. The Balaban J connectivity index is 2.41. The Hall–Kier alpha value is -0.840. The van der Waals surface area contributed by atoms with Gasteiger partial charge in [-0.05, 0) is 29.8 Å². The van der Waals surface area contributed by atoms with Crippen LogP contribution in [-0.2, 0) is 6.42 Å². The molecule has 96 valence electrons. The Morgan fingerprint density at radius 3 is 2.59 bits per heavy atom. The maximum Gasteiger partial charge on any atom is 0.441 e. The topological polar surface area (TPSA) is 12.0 Å². The fraction of sp³-hybridized carbons (Fsp3) is 0.500. The number of thioether (sulfide) groups is 1. The number of alkyl halides is 3. The molecule has 1 aromatic rings. The van der Waals surface area contributed by atoms with Gasteiger partial charge in [-0.3, -0.25) is 0 Å². The highest BCUT2D eigenvalue weighted by Gasteiger charge is 2.27. The monoisotopic (exact) mass is 263 g/mol. The minimum Gasteiger partial charge on any atom is -0.384 e. The fourth-order valence-corrected chi connectivity index (χ4v) is 1.97. The van der Waals surface area contributed by atoms with Crippen molar-refractivity contribution >= 4 is 17.4 Å². The van der Waals surface area contributed by atoms with Crippen LogP contribution in [0.4, 0.5) is 18.9 Å². The first-order chi connectivity index (χ1) is 8.03. The third kappa shape index (κ3) is 5.86. The highest BCUT2D eigenvalue weighted by Crippen LogP contribution is 2.29. The average Bonchev–Trinajstić information content (AvgIpc) is 2.25. The summed E-state index contributed by atoms with van der Waals surface area (Å²) >= 11 is 0.00953. The molecule has 0 aliphatic heterocycles. The first-order valence-corrected chi connectivity index (χ1v) is 6.54. The molecule has 0 aliphatic carbocycles. The molecular weight excluding hydrogens is 247 g/mol. The quantitative estimate of drug-likeness (QED) is 0.768. The zero-order valence-electron chi connectivity index (χ0n) is 9.68. The second kappa shape index (κ2) is 6.79. The van der Waals surface area contributed by atoms with E-state index >= 15 is 0 Å². The summed E-state index contributed by atoms with van der Waals surface area (Å²) in [6.45, 7) is 2.40. The maximum absolute atomic E-state index is 11.9. The smallest absolute Gasteiger partial charge is 0.384 e. The van der Waals surface area contributed by atoms with Crippen LogP contribution in [0, 0.1) is 0 Å². The van der Waals surface area contributed by atoms with Crippen molar-refractivity contribution in [1.29, 1.82) is 0 Å². The first-order valence-electron chi connectivity index (χ1n) is 5.55. The summed E-state index contributed by atoms with van der Waals surface area (Å²) < 4.78 is 35.7. The lowest BCUT2D eigenvalue weighted by molar-refractivity contribution is -0.0327. The van der Waals surface area contributed by atoms with Crippen LogP contribution in [-0.4, -0.2) is 17.8 Å². The molecule has 0 heterocycles. The zero-order valence-corrected chi connectivity index (χ0v) is 10.5. The number of para-hydroxylation sites is 1. The summed E-state index contributed by atoms with van der Waals surface area (Å²) in [5, 5.41) is 3.05. The first kappa shape index (κ1) is 14.2. The van der Waals surface area contributed by atoms with Crippen molar-refractivity contribution < 1.29 is 13.2 Å². The van der Waals surface area contributed by atoms with E-state index in [9.17, 15) is 13.2 Å². The molecule has 0 fully saturated rings. The lowest BCUT2D eigenvalue weighted by Crippen LogP contribution is -2.10. The number of rotatable bonds is 6. The van der Waals surface area contributed by atoms with Gasteiger partial charge in [0.25, 0.3) is 0 Å². The van der Waals surface area contributed by atoms with Crippen molar-refractivity contribution in [3.05, 3.63) is 29.8 Å². The lowest BCUT2D eigenvalue weighted by Gasteiger charge is -2.11. The van der Waals surface area contributed by atoms with Gasteiger partial charge >= 0.3 is 5.51 Å². The molecule has 0 unspecified atom stereocenters. The molecule has 0 amide bonds. The van der Waals surface area contributed by atoms with Gasteiger partial charge in [-0.15, -0.1) is 0 Å². The van der Waals surface area contributed by atoms with Crippen molar-refractivity contribution in [2.75, 3.05) is 17.6 Å². The summed E-state index contributed by atoms with van der Waals surface area (Å²) in [7, 11) is 0. The van der Waals surface area contributed by atoms with Gasteiger partial charge in [0, 0.05) is 18.0 Å². The standard InChI is InChI=1S/C12H16F3NS/c1-2-5-10-6-3-4-7-11(10)16-8-9-17-12(13,14)15/h3-4,6-7,16H,2,5,8-9H2,1H3. The van der Waals surface area contributed by atoms with Gasteiger partial charge in [0.05, 0.1) is 0 Å². The van der Waals surface area contributed by atoms with Crippen LogP contribution in [0.1, 0.15) is 18.9 Å². The Kier molecular flexibility index (Phi) is 5.68. The third-order valence-corrected chi connectivity index (χ3v) is 2.96. The highest BCUT2D eigenvalue weighted by atomic mass is 32.2. The third-order valence-electron chi connectivity index (χ3n) is 2.22. The molecule has 0 spiro atoms.